The van der Waals surface area contributed by atoms with E-state index in [-0.39, 0.29) is 29.5 Å². The second-order valence-electron chi connectivity index (χ2n) is 11.1. The third-order valence-corrected chi connectivity index (χ3v) is 8.05. The average Bonchev–Trinajstić information content (AvgIpc) is 3.24. The van der Waals surface area contributed by atoms with Crippen molar-refractivity contribution in [2.24, 2.45) is 11.8 Å². The van der Waals surface area contributed by atoms with Crippen LogP contribution in [0.2, 0.25) is 0 Å². The van der Waals surface area contributed by atoms with Gasteiger partial charge in [0.2, 0.25) is 5.91 Å². The van der Waals surface area contributed by atoms with Crippen LogP contribution in [0.1, 0.15) is 103 Å². The highest BCUT2D eigenvalue weighted by molar-refractivity contribution is 5.91. The van der Waals surface area contributed by atoms with Crippen LogP contribution in [-0.4, -0.2) is 68.3 Å². The quantitative estimate of drug-likeness (QED) is 0.174. The molecule has 0 spiro atoms. The van der Waals surface area contributed by atoms with Gasteiger partial charge in [-0.05, 0) is 38.2 Å². The second-order valence-corrected chi connectivity index (χ2v) is 11.1. The highest BCUT2D eigenvalue weighted by Gasteiger charge is 2.43. The first-order chi connectivity index (χ1) is 19.3. The number of aromatic nitrogens is 2. The molecule has 1 aliphatic heterocycles. The van der Waals surface area contributed by atoms with Gasteiger partial charge >= 0.3 is 11.7 Å². The summed E-state index contributed by atoms with van der Waals surface area (Å²) in [6, 6.07) is 1.41. The topological polar surface area (TPSA) is 160 Å². The number of aliphatic hydroxyl groups excluding tert-OH is 3. The summed E-state index contributed by atoms with van der Waals surface area (Å²) in [4.78, 5) is 41.6. The number of esters is 1. The Hall–Kier alpha value is -2.34. The molecule has 0 aromatic carbocycles. The maximum atomic E-state index is 12.8. The van der Waals surface area contributed by atoms with E-state index in [4.69, 9.17) is 9.47 Å². The number of amides is 1. The van der Waals surface area contributed by atoms with E-state index in [2.05, 4.69) is 17.2 Å². The highest BCUT2D eigenvalue weighted by atomic mass is 16.6. The Morgan fingerprint density at radius 1 is 0.975 bits per heavy atom. The first-order valence-electron chi connectivity index (χ1n) is 15.0. The minimum absolute atomic E-state index is 0.0658. The van der Waals surface area contributed by atoms with E-state index in [0.29, 0.717) is 32.3 Å². The summed E-state index contributed by atoms with van der Waals surface area (Å²) < 4.78 is 11.9. The number of nitrogens with one attached hydrogen (secondary N) is 1. The van der Waals surface area contributed by atoms with Crippen LogP contribution >= 0.6 is 0 Å². The van der Waals surface area contributed by atoms with Crippen LogP contribution < -0.4 is 11.0 Å². The number of unbranched alkanes of at least 4 members (excludes halogenated alkanes) is 9. The van der Waals surface area contributed by atoms with Gasteiger partial charge in [0.05, 0.1) is 19.1 Å². The van der Waals surface area contributed by atoms with Crippen LogP contribution in [0.25, 0.3) is 0 Å². The molecule has 2 heterocycles. The van der Waals surface area contributed by atoms with Crippen LogP contribution in [0, 0.1) is 11.8 Å². The molecule has 1 aromatic rings. The molecule has 4 N–H and O–H groups in total. The molecule has 1 saturated heterocycles. The van der Waals surface area contributed by atoms with E-state index < -0.39 is 36.8 Å². The number of aliphatic hydroxyl groups is 3. The second kappa shape index (κ2) is 16.8. The molecule has 2 aliphatic rings. The monoisotopic (exact) mass is 565 g/mol. The predicted molar refractivity (Wildman–Crippen MR) is 148 cm³/mol. The first-order valence-corrected chi connectivity index (χ1v) is 15.0. The molecule has 1 amide bonds. The third kappa shape index (κ3) is 9.36. The smallest absolute Gasteiger partial charge is 0.351 e. The van der Waals surface area contributed by atoms with Crippen molar-refractivity contribution < 1.29 is 34.4 Å². The van der Waals surface area contributed by atoms with E-state index in [1.54, 1.807) is 0 Å². The van der Waals surface area contributed by atoms with Crippen molar-refractivity contribution in [1.82, 2.24) is 9.55 Å². The maximum absolute atomic E-state index is 12.8. The molecule has 0 unspecified atom stereocenters. The lowest BCUT2D eigenvalue weighted by Gasteiger charge is -2.26. The predicted octanol–water partition coefficient (Wildman–Crippen LogP) is 3.06. The Labute approximate surface area is 236 Å². The SMILES string of the molecule is CCCCCCCCCCCCOC(=O)C1CCC(C(=O)Nc2ccn([C@@H]3O[C@H](CO)[C@@H](O)[C@@H]3O)c(=O)n2)CC1. The van der Waals surface area contributed by atoms with Crippen molar-refractivity contribution in [3.8, 4) is 0 Å². The van der Waals surface area contributed by atoms with Crippen molar-refractivity contribution in [1.29, 1.82) is 0 Å². The van der Waals surface area contributed by atoms with Gasteiger partial charge in [-0.3, -0.25) is 14.2 Å². The normalized spacial score (nSPS) is 26.5. The number of hydrogen-bond acceptors (Lipinski definition) is 9. The van der Waals surface area contributed by atoms with Gasteiger partial charge in [0.25, 0.3) is 0 Å². The van der Waals surface area contributed by atoms with Gasteiger partial charge in [-0.1, -0.05) is 64.7 Å². The molecule has 2 fully saturated rings. The fourth-order valence-electron chi connectivity index (χ4n) is 5.49. The summed E-state index contributed by atoms with van der Waals surface area (Å²) in [5.74, 6) is -0.864. The van der Waals surface area contributed by atoms with Crippen LogP contribution in [-0.2, 0) is 19.1 Å². The minimum atomic E-state index is -1.41. The Kier molecular flexibility index (Phi) is 13.5. The van der Waals surface area contributed by atoms with Gasteiger partial charge in [-0.25, -0.2) is 4.79 Å². The van der Waals surface area contributed by atoms with E-state index in [0.717, 1.165) is 17.4 Å². The number of nitrogens with zero attached hydrogens (tertiary/aromatic N) is 2. The average molecular weight is 566 g/mol. The largest absolute Gasteiger partial charge is 0.465 e. The van der Waals surface area contributed by atoms with Crippen LogP contribution in [0.15, 0.2) is 17.1 Å². The summed E-state index contributed by atoms with van der Waals surface area (Å²) in [5.41, 5.74) is -0.776. The zero-order chi connectivity index (χ0) is 28.9. The molecule has 226 valence electrons. The number of rotatable bonds is 16. The fourth-order valence-corrected chi connectivity index (χ4v) is 5.49. The van der Waals surface area contributed by atoms with Gasteiger partial charge in [0.1, 0.15) is 24.1 Å². The van der Waals surface area contributed by atoms with Crippen molar-refractivity contribution in [3.05, 3.63) is 22.7 Å². The van der Waals surface area contributed by atoms with Crippen molar-refractivity contribution in [2.75, 3.05) is 18.5 Å². The fraction of sp³-hybridized carbons (Fsp3) is 0.793. The van der Waals surface area contributed by atoms with Gasteiger partial charge < -0.3 is 30.1 Å². The van der Waals surface area contributed by atoms with E-state index >= 15 is 0 Å². The molecule has 1 aliphatic carbocycles. The summed E-state index contributed by atoms with van der Waals surface area (Å²) >= 11 is 0. The van der Waals surface area contributed by atoms with Crippen molar-refractivity contribution in [3.63, 3.8) is 0 Å². The Morgan fingerprint density at radius 3 is 2.15 bits per heavy atom. The standard InChI is InChI=1S/C29H47N3O8/c1-2-3-4-5-6-7-8-9-10-11-18-39-28(37)21-14-12-20(13-15-21)26(36)30-23-16-17-32(29(38)31-23)27-25(35)24(34)22(19-33)40-27/h16-17,20-22,24-25,27,33-35H,2-15,18-19H2,1H3,(H,30,31,36,38)/t20?,21?,22-,24-,25+,27-/m1/s1. The van der Waals surface area contributed by atoms with Gasteiger partial charge in [0.15, 0.2) is 6.23 Å². The zero-order valence-electron chi connectivity index (χ0n) is 23.7. The Morgan fingerprint density at radius 2 is 1.57 bits per heavy atom. The lowest BCUT2D eigenvalue weighted by Crippen LogP contribution is -2.36. The summed E-state index contributed by atoms with van der Waals surface area (Å²) in [7, 11) is 0. The molecular weight excluding hydrogens is 518 g/mol. The molecule has 3 rings (SSSR count). The van der Waals surface area contributed by atoms with Crippen LogP contribution in [0.4, 0.5) is 5.82 Å². The lowest BCUT2D eigenvalue weighted by molar-refractivity contribution is -0.150. The van der Waals surface area contributed by atoms with Gasteiger partial charge in [0, 0.05) is 12.1 Å². The molecule has 0 radical (unpaired) electrons. The van der Waals surface area contributed by atoms with Crippen LogP contribution in [0.5, 0.6) is 0 Å². The van der Waals surface area contributed by atoms with Crippen molar-refractivity contribution >= 4 is 17.7 Å². The number of carbonyl (C=O) groups is 2. The molecule has 1 saturated carbocycles. The minimum Gasteiger partial charge on any atom is -0.465 e. The molecule has 0 bridgehead atoms. The Bertz CT molecular complexity index is 978. The van der Waals surface area contributed by atoms with Crippen molar-refractivity contribution in [2.45, 2.75) is 121 Å². The van der Waals surface area contributed by atoms with E-state index in [9.17, 15) is 29.7 Å². The Balaban J connectivity index is 1.32. The molecular formula is C29H47N3O8. The number of ether oxygens (including phenoxy) is 2. The highest BCUT2D eigenvalue weighted by Crippen LogP contribution is 2.31. The maximum Gasteiger partial charge on any atom is 0.351 e. The zero-order valence-corrected chi connectivity index (χ0v) is 23.7. The third-order valence-electron chi connectivity index (χ3n) is 8.05. The first kappa shape index (κ1) is 32.2. The van der Waals surface area contributed by atoms with E-state index in [1.807, 2.05) is 0 Å². The summed E-state index contributed by atoms with van der Waals surface area (Å²) in [5, 5.41) is 31.9. The molecule has 11 nitrogen and oxygen atoms in total. The summed E-state index contributed by atoms with van der Waals surface area (Å²) in [6.07, 6.45) is 10.9. The van der Waals surface area contributed by atoms with Gasteiger partial charge in [-0.2, -0.15) is 4.98 Å². The lowest BCUT2D eigenvalue weighted by atomic mass is 9.81. The summed E-state index contributed by atoms with van der Waals surface area (Å²) in [6.45, 7) is 2.17. The molecule has 40 heavy (non-hydrogen) atoms. The van der Waals surface area contributed by atoms with Gasteiger partial charge in [-0.15, -0.1) is 0 Å². The van der Waals surface area contributed by atoms with Crippen LogP contribution in [0.3, 0.4) is 0 Å². The molecule has 1 aromatic heterocycles. The number of anilines is 1. The number of carbonyl (C=O) groups excluding carboxylic acids is 2. The molecule has 11 heteroatoms. The molecule has 4 atom stereocenters. The van der Waals surface area contributed by atoms with E-state index in [1.165, 1.54) is 63.6 Å². The number of hydrogen-bond donors (Lipinski definition) is 4.